The molecule has 0 saturated heterocycles. The zero-order valence-electron chi connectivity index (χ0n) is 6.35. The van der Waals surface area contributed by atoms with E-state index in [2.05, 4.69) is 24.2 Å². The van der Waals surface area contributed by atoms with E-state index in [-0.39, 0.29) is 0 Å². The van der Waals surface area contributed by atoms with Crippen LogP contribution in [0.2, 0.25) is 0 Å². The summed E-state index contributed by atoms with van der Waals surface area (Å²) in [7, 11) is 0. The topological polar surface area (TPSA) is 24.4 Å². The van der Waals surface area contributed by atoms with Crippen molar-refractivity contribution < 1.29 is 0 Å². The van der Waals surface area contributed by atoms with Crippen molar-refractivity contribution in [3.8, 4) is 0 Å². The third-order valence-corrected chi connectivity index (χ3v) is 0.930. The summed E-state index contributed by atoms with van der Waals surface area (Å²) in [6.45, 7) is 6.24. The van der Waals surface area contributed by atoms with Gasteiger partial charge in [0.15, 0.2) is 0 Å². The Morgan fingerprint density at radius 3 is 2.67 bits per heavy atom. The van der Waals surface area contributed by atoms with Crippen molar-refractivity contribution in [1.29, 1.82) is 0 Å². The second kappa shape index (κ2) is 7.47. The Balaban J connectivity index is 2.86. The van der Waals surface area contributed by atoms with Crippen LogP contribution in [0.15, 0.2) is 4.99 Å². The monoisotopic (exact) mass is 128 g/mol. The van der Waals surface area contributed by atoms with Gasteiger partial charge in [-0.3, -0.25) is 4.99 Å². The highest BCUT2D eigenvalue weighted by Crippen LogP contribution is 1.73. The van der Waals surface area contributed by atoms with Crippen molar-refractivity contribution in [1.82, 2.24) is 5.32 Å². The van der Waals surface area contributed by atoms with Crippen LogP contribution in [0.25, 0.3) is 0 Å². The Kier molecular flexibility index (Phi) is 7.03. The van der Waals surface area contributed by atoms with E-state index in [1.807, 2.05) is 0 Å². The summed E-state index contributed by atoms with van der Waals surface area (Å²) in [6.07, 6.45) is 4.09. The molecule has 0 saturated carbocycles. The van der Waals surface area contributed by atoms with Gasteiger partial charge in [-0.2, -0.15) is 0 Å². The first-order valence-electron chi connectivity index (χ1n) is 3.63. The molecule has 0 aromatic heterocycles. The molecule has 0 radical (unpaired) electrons. The number of aliphatic imine (C=N–C) groups is 1. The van der Waals surface area contributed by atoms with Gasteiger partial charge < -0.3 is 5.32 Å². The van der Waals surface area contributed by atoms with Gasteiger partial charge in [0.25, 0.3) is 0 Å². The summed E-state index contributed by atoms with van der Waals surface area (Å²) in [6, 6.07) is 0. The zero-order chi connectivity index (χ0) is 6.95. The molecule has 0 aromatic rings. The summed E-state index contributed by atoms with van der Waals surface area (Å²) < 4.78 is 0. The van der Waals surface area contributed by atoms with Crippen LogP contribution >= 0.6 is 0 Å². The fraction of sp³-hybridized carbons (Fsp3) is 0.857. The lowest BCUT2D eigenvalue weighted by Crippen LogP contribution is -2.11. The van der Waals surface area contributed by atoms with Gasteiger partial charge in [-0.05, 0) is 12.8 Å². The highest BCUT2D eigenvalue weighted by molar-refractivity contribution is 5.53. The van der Waals surface area contributed by atoms with Gasteiger partial charge in [0.1, 0.15) is 0 Å². The van der Waals surface area contributed by atoms with Crippen molar-refractivity contribution in [2.45, 2.75) is 26.7 Å². The van der Waals surface area contributed by atoms with E-state index in [0.29, 0.717) is 0 Å². The number of hydrogen-bond acceptors (Lipinski definition) is 1. The molecule has 0 bridgehead atoms. The van der Waals surface area contributed by atoms with Gasteiger partial charge in [0.2, 0.25) is 0 Å². The molecule has 2 heteroatoms. The average molecular weight is 128 g/mol. The van der Waals surface area contributed by atoms with Crippen LogP contribution in [0.4, 0.5) is 0 Å². The molecule has 9 heavy (non-hydrogen) atoms. The first-order chi connectivity index (χ1) is 4.41. The van der Waals surface area contributed by atoms with Gasteiger partial charge in [0, 0.05) is 13.1 Å². The van der Waals surface area contributed by atoms with Crippen LogP contribution in [0, 0.1) is 0 Å². The van der Waals surface area contributed by atoms with E-state index in [1.165, 1.54) is 0 Å². The van der Waals surface area contributed by atoms with Crippen LogP contribution in [-0.2, 0) is 0 Å². The van der Waals surface area contributed by atoms with E-state index in [4.69, 9.17) is 0 Å². The lowest BCUT2D eigenvalue weighted by Gasteiger charge is -1.92. The standard InChI is InChI=1S/C7H16N2/c1-3-5-8-7-9-6-4-2/h7H,3-6H2,1-2H3,(H,8,9). The summed E-state index contributed by atoms with van der Waals surface area (Å²) in [4.78, 5) is 4.09. The van der Waals surface area contributed by atoms with Gasteiger partial charge >= 0.3 is 0 Å². The maximum absolute atomic E-state index is 4.09. The summed E-state index contributed by atoms with van der Waals surface area (Å²) in [5.41, 5.74) is 0. The molecular formula is C7H16N2. The molecule has 2 nitrogen and oxygen atoms in total. The molecule has 0 aromatic carbocycles. The highest BCUT2D eigenvalue weighted by Gasteiger charge is 1.73. The molecular weight excluding hydrogens is 112 g/mol. The molecule has 0 fully saturated rings. The summed E-state index contributed by atoms with van der Waals surface area (Å²) >= 11 is 0. The Morgan fingerprint density at radius 2 is 2.11 bits per heavy atom. The smallest absolute Gasteiger partial charge is 0.0823 e. The van der Waals surface area contributed by atoms with Crippen molar-refractivity contribution >= 4 is 6.34 Å². The Hall–Kier alpha value is -0.530. The van der Waals surface area contributed by atoms with Crippen LogP contribution in [0.3, 0.4) is 0 Å². The molecule has 0 amide bonds. The second-order valence-corrected chi connectivity index (χ2v) is 1.99. The van der Waals surface area contributed by atoms with Crippen molar-refractivity contribution in [3.63, 3.8) is 0 Å². The predicted octanol–water partition coefficient (Wildman–Crippen LogP) is 1.42. The third kappa shape index (κ3) is 7.47. The van der Waals surface area contributed by atoms with Crippen molar-refractivity contribution in [3.05, 3.63) is 0 Å². The Bertz CT molecular complexity index is 69.3. The number of hydrogen-bond donors (Lipinski definition) is 1. The van der Waals surface area contributed by atoms with E-state index < -0.39 is 0 Å². The maximum Gasteiger partial charge on any atom is 0.0823 e. The van der Waals surface area contributed by atoms with Crippen LogP contribution < -0.4 is 5.32 Å². The molecule has 0 heterocycles. The zero-order valence-corrected chi connectivity index (χ0v) is 6.35. The van der Waals surface area contributed by atoms with Gasteiger partial charge in [-0.1, -0.05) is 13.8 Å². The van der Waals surface area contributed by atoms with Crippen LogP contribution in [-0.4, -0.2) is 19.4 Å². The Labute approximate surface area is 57.4 Å². The minimum absolute atomic E-state index is 0.941. The SMILES string of the molecule is CCCN=CNCCC. The molecule has 0 rings (SSSR count). The summed E-state index contributed by atoms with van der Waals surface area (Å²) in [5, 5.41) is 3.08. The molecule has 54 valence electrons. The maximum atomic E-state index is 4.09. The quantitative estimate of drug-likeness (QED) is 0.338. The highest BCUT2D eigenvalue weighted by atomic mass is 14.9. The van der Waals surface area contributed by atoms with Gasteiger partial charge in [-0.15, -0.1) is 0 Å². The Morgan fingerprint density at radius 1 is 1.33 bits per heavy atom. The lowest BCUT2D eigenvalue weighted by atomic mass is 10.5. The van der Waals surface area contributed by atoms with Gasteiger partial charge in [0.05, 0.1) is 6.34 Å². The summed E-state index contributed by atoms with van der Waals surface area (Å²) in [5.74, 6) is 0. The normalized spacial score (nSPS) is 10.4. The minimum Gasteiger partial charge on any atom is -0.376 e. The van der Waals surface area contributed by atoms with Crippen molar-refractivity contribution in [2.24, 2.45) is 4.99 Å². The average Bonchev–Trinajstić information content (AvgIpc) is 1.89. The minimum atomic E-state index is 0.941. The molecule has 0 aliphatic heterocycles. The van der Waals surface area contributed by atoms with E-state index in [9.17, 15) is 0 Å². The van der Waals surface area contributed by atoms with E-state index >= 15 is 0 Å². The molecule has 0 spiro atoms. The third-order valence-electron chi connectivity index (χ3n) is 0.930. The lowest BCUT2D eigenvalue weighted by molar-refractivity contribution is 0.840. The second-order valence-electron chi connectivity index (χ2n) is 1.99. The number of nitrogens with one attached hydrogen (secondary N) is 1. The molecule has 0 atom stereocenters. The van der Waals surface area contributed by atoms with E-state index in [1.54, 1.807) is 6.34 Å². The molecule has 1 N–H and O–H groups in total. The van der Waals surface area contributed by atoms with Gasteiger partial charge in [-0.25, -0.2) is 0 Å². The first-order valence-corrected chi connectivity index (χ1v) is 3.63. The number of rotatable bonds is 5. The number of nitrogens with zero attached hydrogens (tertiary/aromatic N) is 1. The van der Waals surface area contributed by atoms with Crippen molar-refractivity contribution in [2.75, 3.05) is 13.1 Å². The largest absolute Gasteiger partial charge is 0.376 e. The predicted molar refractivity (Wildman–Crippen MR) is 41.9 cm³/mol. The van der Waals surface area contributed by atoms with Crippen LogP contribution in [0.5, 0.6) is 0 Å². The molecule has 0 unspecified atom stereocenters. The molecule has 0 aliphatic carbocycles. The van der Waals surface area contributed by atoms with E-state index in [0.717, 1.165) is 25.9 Å². The fourth-order valence-corrected chi connectivity index (χ4v) is 0.467. The van der Waals surface area contributed by atoms with Crippen LogP contribution in [0.1, 0.15) is 26.7 Å². The molecule has 0 aliphatic rings. The fourth-order valence-electron chi connectivity index (χ4n) is 0.467. The first kappa shape index (κ1) is 8.47.